The summed E-state index contributed by atoms with van der Waals surface area (Å²) in [6.45, 7) is 3.51. The normalized spacial score (nSPS) is 17.9. The SMILES string of the molecule is Clc1cc(CNC2CC2)ccc1N1CCn2cnnc2C1. The smallest absolute Gasteiger partial charge is 0.152 e. The maximum atomic E-state index is 6.48. The molecular formula is C15H18ClN5. The lowest BCUT2D eigenvalue weighted by Crippen LogP contribution is -2.33. The molecule has 1 saturated carbocycles. The van der Waals surface area contributed by atoms with Crippen LogP contribution < -0.4 is 10.2 Å². The average Bonchev–Trinajstić information content (AvgIpc) is 3.21. The van der Waals surface area contributed by atoms with Crippen LogP contribution in [0.15, 0.2) is 24.5 Å². The van der Waals surface area contributed by atoms with Crippen LogP contribution in [0.2, 0.25) is 5.02 Å². The van der Waals surface area contributed by atoms with E-state index in [2.05, 4.69) is 43.2 Å². The third-order valence-corrected chi connectivity index (χ3v) is 4.47. The van der Waals surface area contributed by atoms with E-state index in [0.29, 0.717) is 0 Å². The first-order valence-electron chi connectivity index (χ1n) is 7.43. The highest BCUT2D eigenvalue weighted by Gasteiger charge is 2.21. The van der Waals surface area contributed by atoms with Gasteiger partial charge in [-0.3, -0.25) is 0 Å². The van der Waals surface area contributed by atoms with Gasteiger partial charge in [-0.05, 0) is 30.5 Å². The summed E-state index contributed by atoms with van der Waals surface area (Å²) in [5.74, 6) is 0.997. The third kappa shape index (κ3) is 2.76. The number of nitrogens with zero attached hydrogens (tertiary/aromatic N) is 4. The maximum Gasteiger partial charge on any atom is 0.152 e. The van der Waals surface area contributed by atoms with Crippen LogP contribution in [0.1, 0.15) is 24.2 Å². The molecule has 5 nitrogen and oxygen atoms in total. The van der Waals surface area contributed by atoms with Crippen molar-refractivity contribution in [1.29, 1.82) is 0 Å². The molecule has 1 N–H and O–H groups in total. The number of rotatable bonds is 4. The van der Waals surface area contributed by atoms with Gasteiger partial charge in [-0.15, -0.1) is 10.2 Å². The van der Waals surface area contributed by atoms with Crippen molar-refractivity contribution in [3.8, 4) is 0 Å². The zero-order chi connectivity index (χ0) is 14.2. The lowest BCUT2D eigenvalue weighted by Gasteiger charge is -2.29. The molecule has 0 atom stereocenters. The summed E-state index contributed by atoms with van der Waals surface area (Å²) in [6, 6.07) is 7.08. The Morgan fingerprint density at radius 2 is 2.19 bits per heavy atom. The summed E-state index contributed by atoms with van der Waals surface area (Å²) >= 11 is 6.48. The van der Waals surface area contributed by atoms with Gasteiger partial charge in [0, 0.05) is 25.7 Å². The number of nitrogens with one attached hydrogen (secondary N) is 1. The highest BCUT2D eigenvalue weighted by molar-refractivity contribution is 6.33. The summed E-state index contributed by atoms with van der Waals surface area (Å²) in [6.07, 6.45) is 4.40. The molecule has 0 spiro atoms. The molecule has 21 heavy (non-hydrogen) atoms. The Hall–Kier alpha value is -1.59. The van der Waals surface area contributed by atoms with Gasteiger partial charge in [-0.1, -0.05) is 17.7 Å². The number of halogens is 1. The van der Waals surface area contributed by atoms with Crippen molar-refractivity contribution in [2.75, 3.05) is 11.4 Å². The summed E-state index contributed by atoms with van der Waals surface area (Å²) in [7, 11) is 0. The molecule has 4 rings (SSSR count). The molecule has 2 aliphatic rings. The van der Waals surface area contributed by atoms with Crippen molar-refractivity contribution >= 4 is 17.3 Å². The van der Waals surface area contributed by atoms with E-state index >= 15 is 0 Å². The van der Waals surface area contributed by atoms with Crippen LogP contribution in [-0.2, 0) is 19.6 Å². The second-order valence-electron chi connectivity index (χ2n) is 5.80. The second kappa shape index (κ2) is 5.31. The molecule has 6 heteroatoms. The van der Waals surface area contributed by atoms with E-state index in [9.17, 15) is 0 Å². The molecule has 1 fully saturated rings. The van der Waals surface area contributed by atoms with Crippen molar-refractivity contribution in [1.82, 2.24) is 20.1 Å². The molecule has 1 aliphatic heterocycles. The van der Waals surface area contributed by atoms with E-state index in [0.717, 1.165) is 48.8 Å². The summed E-state index contributed by atoms with van der Waals surface area (Å²) in [4.78, 5) is 2.27. The van der Waals surface area contributed by atoms with E-state index in [4.69, 9.17) is 11.6 Å². The summed E-state index contributed by atoms with van der Waals surface area (Å²) < 4.78 is 2.10. The molecule has 1 aliphatic carbocycles. The fraction of sp³-hybridized carbons (Fsp3) is 0.467. The molecule has 0 amide bonds. The molecule has 1 aromatic heterocycles. The Bertz CT molecular complexity index is 649. The van der Waals surface area contributed by atoms with E-state index < -0.39 is 0 Å². The predicted molar refractivity (Wildman–Crippen MR) is 82.4 cm³/mol. The van der Waals surface area contributed by atoms with Crippen LogP contribution in [0.25, 0.3) is 0 Å². The van der Waals surface area contributed by atoms with Gasteiger partial charge < -0.3 is 14.8 Å². The Kier molecular flexibility index (Phi) is 3.31. The first-order chi connectivity index (χ1) is 10.3. The summed E-state index contributed by atoms with van der Waals surface area (Å²) in [5.41, 5.74) is 2.33. The number of benzene rings is 1. The Balaban J connectivity index is 1.49. The molecule has 0 unspecified atom stereocenters. The third-order valence-electron chi connectivity index (χ3n) is 4.16. The zero-order valence-corrected chi connectivity index (χ0v) is 12.6. The molecule has 2 heterocycles. The molecule has 0 radical (unpaired) electrons. The second-order valence-corrected chi connectivity index (χ2v) is 6.21. The minimum atomic E-state index is 0.719. The van der Waals surface area contributed by atoms with Crippen LogP contribution in [-0.4, -0.2) is 27.4 Å². The van der Waals surface area contributed by atoms with Crippen molar-refractivity contribution < 1.29 is 0 Å². The quantitative estimate of drug-likeness (QED) is 0.940. The lowest BCUT2D eigenvalue weighted by atomic mass is 10.1. The number of fused-ring (bicyclic) bond motifs is 1. The predicted octanol–water partition coefficient (Wildman–Crippen LogP) is 2.20. The Morgan fingerprint density at radius 3 is 3.00 bits per heavy atom. The van der Waals surface area contributed by atoms with E-state index in [1.807, 2.05) is 0 Å². The van der Waals surface area contributed by atoms with Gasteiger partial charge >= 0.3 is 0 Å². The fourth-order valence-corrected chi connectivity index (χ4v) is 3.06. The minimum absolute atomic E-state index is 0.719. The monoisotopic (exact) mass is 303 g/mol. The standard InChI is InChI=1S/C15H18ClN5/c16-13-7-11(8-17-12-2-3-12)1-4-14(13)20-5-6-21-10-18-19-15(21)9-20/h1,4,7,10,12,17H,2-3,5-6,8-9H2. The first kappa shape index (κ1) is 13.1. The van der Waals surface area contributed by atoms with Crippen molar-refractivity contribution in [2.24, 2.45) is 0 Å². The van der Waals surface area contributed by atoms with E-state index in [1.165, 1.54) is 18.4 Å². The van der Waals surface area contributed by atoms with Crippen molar-refractivity contribution in [3.63, 3.8) is 0 Å². The number of aromatic nitrogens is 3. The number of anilines is 1. The highest BCUT2D eigenvalue weighted by atomic mass is 35.5. The van der Waals surface area contributed by atoms with Gasteiger partial charge in [0.05, 0.1) is 17.3 Å². The van der Waals surface area contributed by atoms with Crippen LogP contribution in [0, 0.1) is 0 Å². The van der Waals surface area contributed by atoms with E-state index in [-0.39, 0.29) is 0 Å². The van der Waals surface area contributed by atoms with Gasteiger partial charge in [-0.2, -0.15) is 0 Å². The first-order valence-corrected chi connectivity index (χ1v) is 7.81. The minimum Gasteiger partial charge on any atom is -0.361 e. The number of hydrogen-bond donors (Lipinski definition) is 1. The largest absolute Gasteiger partial charge is 0.361 e. The topological polar surface area (TPSA) is 46.0 Å². The Labute approximate surface area is 128 Å². The van der Waals surface area contributed by atoms with Gasteiger partial charge in [0.25, 0.3) is 0 Å². The Morgan fingerprint density at radius 1 is 1.29 bits per heavy atom. The number of hydrogen-bond acceptors (Lipinski definition) is 4. The van der Waals surface area contributed by atoms with E-state index in [1.54, 1.807) is 6.33 Å². The molecular weight excluding hydrogens is 286 g/mol. The average molecular weight is 304 g/mol. The van der Waals surface area contributed by atoms with Crippen LogP contribution in [0.4, 0.5) is 5.69 Å². The van der Waals surface area contributed by atoms with Crippen LogP contribution in [0.3, 0.4) is 0 Å². The molecule has 0 bridgehead atoms. The maximum absolute atomic E-state index is 6.48. The molecule has 2 aromatic rings. The fourth-order valence-electron chi connectivity index (χ4n) is 2.74. The van der Waals surface area contributed by atoms with Gasteiger partial charge in [0.2, 0.25) is 0 Å². The zero-order valence-electron chi connectivity index (χ0n) is 11.8. The molecule has 0 saturated heterocycles. The lowest BCUT2D eigenvalue weighted by molar-refractivity contribution is 0.560. The highest BCUT2D eigenvalue weighted by Crippen LogP contribution is 2.29. The van der Waals surface area contributed by atoms with Crippen molar-refractivity contribution in [3.05, 3.63) is 40.9 Å². The molecule has 110 valence electrons. The summed E-state index contributed by atoms with van der Waals surface area (Å²) in [5, 5.41) is 12.4. The van der Waals surface area contributed by atoms with Gasteiger partial charge in [0.15, 0.2) is 5.82 Å². The van der Waals surface area contributed by atoms with Gasteiger partial charge in [0.1, 0.15) is 6.33 Å². The van der Waals surface area contributed by atoms with Crippen LogP contribution >= 0.6 is 11.6 Å². The van der Waals surface area contributed by atoms with Crippen LogP contribution in [0.5, 0.6) is 0 Å². The van der Waals surface area contributed by atoms with Crippen molar-refractivity contribution in [2.45, 2.75) is 38.5 Å². The molecule has 1 aromatic carbocycles. The van der Waals surface area contributed by atoms with Gasteiger partial charge in [-0.25, -0.2) is 0 Å².